The summed E-state index contributed by atoms with van der Waals surface area (Å²) in [5.74, 6) is 0.544. The van der Waals surface area contributed by atoms with Crippen LogP contribution in [0, 0.1) is 0 Å². The van der Waals surface area contributed by atoms with Gasteiger partial charge in [-0.2, -0.15) is 0 Å². The number of guanidine groups is 1. The topological polar surface area (TPSA) is 53.6 Å². The highest BCUT2D eigenvalue weighted by Crippen LogP contribution is 2.21. The van der Waals surface area contributed by atoms with Gasteiger partial charge in [-0.15, -0.1) is 24.0 Å². The molecule has 2 rings (SSSR count). The van der Waals surface area contributed by atoms with Gasteiger partial charge in [0.15, 0.2) is 5.96 Å². The standard InChI is InChI=1S/C18H30N4.HI/c1-3-11-20-18(19)21-13-16-9-4-5-10-17(16)14-22-12-7-6-8-15(22)2;/h4-5,9-10,15H,3,6-8,11-14H2,1-2H3,(H3,19,20,21);1H. The van der Waals surface area contributed by atoms with Crippen LogP contribution in [0.25, 0.3) is 0 Å². The molecule has 1 aromatic rings. The maximum atomic E-state index is 5.89. The van der Waals surface area contributed by atoms with Crippen molar-refractivity contribution >= 4 is 29.9 Å². The van der Waals surface area contributed by atoms with E-state index >= 15 is 0 Å². The van der Waals surface area contributed by atoms with Gasteiger partial charge in [0.1, 0.15) is 0 Å². The van der Waals surface area contributed by atoms with Crippen molar-refractivity contribution in [2.24, 2.45) is 10.7 Å². The zero-order valence-corrected chi connectivity index (χ0v) is 16.8. The normalized spacial score (nSPS) is 19.2. The molecule has 0 spiro atoms. The Morgan fingerprint density at radius 2 is 2.04 bits per heavy atom. The quantitative estimate of drug-likeness (QED) is 0.413. The molecule has 23 heavy (non-hydrogen) atoms. The number of likely N-dealkylation sites (tertiary alicyclic amines) is 1. The molecule has 1 fully saturated rings. The SMILES string of the molecule is CCCNC(N)=NCc1ccccc1CN1CCCCC1C.I. The number of halogens is 1. The number of hydrogen-bond donors (Lipinski definition) is 2. The minimum atomic E-state index is 0. The van der Waals surface area contributed by atoms with Gasteiger partial charge in [-0.3, -0.25) is 4.90 Å². The van der Waals surface area contributed by atoms with Crippen molar-refractivity contribution in [2.75, 3.05) is 13.1 Å². The van der Waals surface area contributed by atoms with Crippen LogP contribution in [0.4, 0.5) is 0 Å². The molecule has 1 saturated heterocycles. The number of nitrogens with zero attached hydrogens (tertiary/aromatic N) is 2. The maximum absolute atomic E-state index is 5.89. The first kappa shape index (κ1) is 20.2. The van der Waals surface area contributed by atoms with Crippen LogP contribution >= 0.6 is 24.0 Å². The van der Waals surface area contributed by atoms with Gasteiger partial charge in [0.25, 0.3) is 0 Å². The second-order valence-electron chi connectivity index (χ2n) is 6.21. The second-order valence-corrected chi connectivity index (χ2v) is 6.21. The van der Waals surface area contributed by atoms with Crippen LogP contribution < -0.4 is 11.1 Å². The Kier molecular flexibility index (Phi) is 9.55. The molecule has 1 aliphatic rings. The first-order valence-electron chi connectivity index (χ1n) is 8.55. The Labute approximate surface area is 157 Å². The van der Waals surface area contributed by atoms with Crippen LogP contribution in [-0.2, 0) is 13.1 Å². The molecule has 1 unspecified atom stereocenters. The molecule has 0 amide bonds. The van der Waals surface area contributed by atoms with Crippen molar-refractivity contribution in [1.82, 2.24) is 10.2 Å². The lowest BCUT2D eigenvalue weighted by Crippen LogP contribution is -2.37. The largest absolute Gasteiger partial charge is 0.370 e. The van der Waals surface area contributed by atoms with E-state index < -0.39 is 0 Å². The fourth-order valence-corrected chi connectivity index (χ4v) is 2.96. The molecule has 4 nitrogen and oxygen atoms in total. The number of aliphatic imine (C=N–C) groups is 1. The number of benzene rings is 1. The van der Waals surface area contributed by atoms with Crippen LogP contribution in [0.1, 0.15) is 50.7 Å². The summed E-state index contributed by atoms with van der Waals surface area (Å²) in [6.07, 6.45) is 5.05. The molecule has 0 radical (unpaired) electrons. The van der Waals surface area contributed by atoms with E-state index in [0.29, 0.717) is 18.5 Å². The van der Waals surface area contributed by atoms with E-state index in [-0.39, 0.29) is 24.0 Å². The average molecular weight is 430 g/mol. The van der Waals surface area contributed by atoms with E-state index in [2.05, 4.69) is 53.3 Å². The molecule has 5 heteroatoms. The van der Waals surface area contributed by atoms with Gasteiger partial charge >= 0.3 is 0 Å². The molecule has 1 aromatic carbocycles. The summed E-state index contributed by atoms with van der Waals surface area (Å²) in [5, 5.41) is 3.13. The molecule has 0 aromatic heterocycles. The fourth-order valence-electron chi connectivity index (χ4n) is 2.96. The van der Waals surface area contributed by atoms with Gasteiger partial charge in [-0.25, -0.2) is 4.99 Å². The first-order chi connectivity index (χ1) is 10.7. The van der Waals surface area contributed by atoms with Gasteiger partial charge in [-0.05, 0) is 43.9 Å². The number of hydrogen-bond acceptors (Lipinski definition) is 2. The Balaban J connectivity index is 0.00000264. The van der Waals surface area contributed by atoms with Crippen LogP contribution in [-0.4, -0.2) is 30.0 Å². The first-order valence-corrected chi connectivity index (χ1v) is 8.55. The maximum Gasteiger partial charge on any atom is 0.188 e. The minimum absolute atomic E-state index is 0. The van der Waals surface area contributed by atoms with Gasteiger partial charge in [0.2, 0.25) is 0 Å². The Bertz CT molecular complexity index is 490. The number of nitrogens with two attached hydrogens (primary N) is 1. The predicted octanol–water partition coefficient (Wildman–Crippen LogP) is 3.49. The highest BCUT2D eigenvalue weighted by molar-refractivity contribution is 14.0. The third-order valence-corrected chi connectivity index (χ3v) is 4.41. The lowest BCUT2D eigenvalue weighted by molar-refractivity contribution is 0.152. The third-order valence-electron chi connectivity index (χ3n) is 4.41. The summed E-state index contributed by atoms with van der Waals surface area (Å²) in [4.78, 5) is 7.06. The summed E-state index contributed by atoms with van der Waals surface area (Å²) in [7, 11) is 0. The predicted molar refractivity (Wildman–Crippen MR) is 109 cm³/mol. The number of piperidine rings is 1. The molecule has 3 N–H and O–H groups in total. The molecule has 0 bridgehead atoms. The van der Waals surface area contributed by atoms with Crippen LogP contribution in [0.15, 0.2) is 29.3 Å². The number of rotatable bonds is 6. The zero-order valence-electron chi connectivity index (χ0n) is 14.4. The van der Waals surface area contributed by atoms with Gasteiger partial charge in [0.05, 0.1) is 6.54 Å². The van der Waals surface area contributed by atoms with Crippen molar-refractivity contribution < 1.29 is 0 Å². The van der Waals surface area contributed by atoms with Crippen molar-refractivity contribution in [2.45, 2.75) is 58.7 Å². The fraction of sp³-hybridized carbons (Fsp3) is 0.611. The van der Waals surface area contributed by atoms with Gasteiger partial charge < -0.3 is 11.1 Å². The van der Waals surface area contributed by atoms with E-state index in [0.717, 1.165) is 19.5 Å². The monoisotopic (exact) mass is 430 g/mol. The highest BCUT2D eigenvalue weighted by Gasteiger charge is 2.18. The van der Waals surface area contributed by atoms with Gasteiger partial charge in [0, 0.05) is 19.1 Å². The highest BCUT2D eigenvalue weighted by atomic mass is 127. The van der Waals surface area contributed by atoms with Crippen LogP contribution in [0.5, 0.6) is 0 Å². The smallest absolute Gasteiger partial charge is 0.188 e. The zero-order chi connectivity index (χ0) is 15.8. The van der Waals surface area contributed by atoms with Crippen molar-refractivity contribution in [3.63, 3.8) is 0 Å². The second kappa shape index (κ2) is 10.9. The lowest BCUT2D eigenvalue weighted by Gasteiger charge is -2.33. The molecule has 1 heterocycles. The molecule has 0 saturated carbocycles. The van der Waals surface area contributed by atoms with E-state index in [1.54, 1.807) is 0 Å². The molecular formula is C18H31IN4. The number of nitrogens with one attached hydrogen (secondary N) is 1. The van der Waals surface area contributed by atoms with E-state index in [1.165, 1.54) is 36.9 Å². The van der Waals surface area contributed by atoms with Crippen molar-refractivity contribution in [3.8, 4) is 0 Å². The molecule has 130 valence electrons. The summed E-state index contributed by atoms with van der Waals surface area (Å²) in [6, 6.07) is 9.28. The summed E-state index contributed by atoms with van der Waals surface area (Å²) in [5.41, 5.74) is 8.55. The van der Waals surface area contributed by atoms with Crippen molar-refractivity contribution in [3.05, 3.63) is 35.4 Å². The van der Waals surface area contributed by atoms with Crippen LogP contribution in [0.3, 0.4) is 0 Å². The van der Waals surface area contributed by atoms with E-state index in [9.17, 15) is 0 Å². The third kappa shape index (κ3) is 6.67. The Morgan fingerprint density at radius 1 is 1.30 bits per heavy atom. The molecular weight excluding hydrogens is 399 g/mol. The molecule has 1 aliphatic heterocycles. The molecule has 0 aliphatic carbocycles. The summed E-state index contributed by atoms with van der Waals surface area (Å²) in [6.45, 7) is 8.22. The lowest BCUT2D eigenvalue weighted by atomic mass is 10.0. The molecule has 1 atom stereocenters. The van der Waals surface area contributed by atoms with Crippen LogP contribution in [0.2, 0.25) is 0 Å². The minimum Gasteiger partial charge on any atom is -0.370 e. The Hall–Kier alpha value is -0.820. The van der Waals surface area contributed by atoms with E-state index in [1.807, 2.05) is 0 Å². The van der Waals surface area contributed by atoms with Gasteiger partial charge in [-0.1, -0.05) is 37.6 Å². The average Bonchev–Trinajstić information content (AvgIpc) is 2.54. The van der Waals surface area contributed by atoms with E-state index in [4.69, 9.17) is 5.73 Å². The summed E-state index contributed by atoms with van der Waals surface area (Å²) >= 11 is 0. The summed E-state index contributed by atoms with van der Waals surface area (Å²) < 4.78 is 0. The van der Waals surface area contributed by atoms with Crippen molar-refractivity contribution in [1.29, 1.82) is 0 Å². The Morgan fingerprint density at radius 3 is 2.74 bits per heavy atom.